The van der Waals surface area contributed by atoms with Gasteiger partial charge in [0.15, 0.2) is 0 Å². The maximum atomic E-state index is 13.4. The monoisotopic (exact) mass is 421 g/mol. The second-order valence-corrected chi connectivity index (χ2v) is 7.81. The summed E-state index contributed by atoms with van der Waals surface area (Å²) in [5.41, 5.74) is 1.61. The van der Waals surface area contributed by atoms with E-state index in [9.17, 15) is 18.0 Å². The highest BCUT2D eigenvalue weighted by atomic mass is 35.5. The molecule has 150 valence electrons. The van der Waals surface area contributed by atoms with Crippen LogP contribution < -0.4 is 5.32 Å². The lowest BCUT2D eigenvalue weighted by Gasteiger charge is -2.12. The highest BCUT2D eigenvalue weighted by Crippen LogP contribution is 2.46. The van der Waals surface area contributed by atoms with Crippen LogP contribution in [0.1, 0.15) is 45.9 Å². The van der Waals surface area contributed by atoms with Crippen LogP contribution in [0.3, 0.4) is 0 Å². The van der Waals surface area contributed by atoms with Crippen molar-refractivity contribution in [3.05, 3.63) is 45.7 Å². The highest BCUT2D eigenvalue weighted by molar-refractivity contribution is 6.33. The molecular formula is C19H15ClF3N5O. The van der Waals surface area contributed by atoms with E-state index in [4.69, 9.17) is 11.6 Å². The fourth-order valence-corrected chi connectivity index (χ4v) is 3.90. The topological polar surface area (TPSA) is 73.9 Å². The van der Waals surface area contributed by atoms with Gasteiger partial charge < -0.3 is 15.2 Å². The van der Waals surface area contributed by atoms with Crippen LogP contribution in [0.25, 0.3) is 11.0 Å². The summed E-state index contributed by atoms with van der Waals surface area (Å²) >= 11 is 6.32. The maximum absolute atomic E-state index is 13.4. The number of aromatic amines is 1. The molecule has 0 atom stereocenters. The maximum Gasteiger partial charge on any atom is 0.418 e. The van der Waals surface area contributed by atoms with E-state index in [2.05, 4.69) is 20.3 Å². The number of rotatable bonds is 3. The molecule has 1 amide bonds. The van der Waals surface area contributed by atoms with E-state index >= 15 is 0 Å². The molecule has 1 aromatic carbocycles. The molecule has 1 fully saturated rings. The standard InChI is InChI=1S/C19H15ClF3N5O/c1-28-7-9-4-13(12(20)5-10(9)17(28)29)25-18-26-15(8-2-3-8)14-11(19(21,22)23)6-24-16(14)27-18/h4-6,8H,2-3,7H2,1H3,(H2,24,25,26,27). The minimum absolute atomic E-state index is 0.0142. The van der Waals surface area contributed by atoms with E-state index in [1.807, 2.05) is 0 Å². The summed E-state index contributed by atoms with van der Waals surface area (Å²) in [5, 5.41) is 3.35. The second kappa shape index (κ2) is 6.09. The average molecular weight is 422 g/mol. The molecule has 6 nitrogen and oxygen atoms in total. The molecule has 29 heavy (non-hydrogen) atoms. The van der Waals surface area contributed by atoms with E-state index in [-0.39, 0.29) is 28.8 Å². The number of hydrogen-bond donors (Lipinski definition) is 2. The van der Waals surface area contributed by atoms with Gasteiger partial charge in [0.25, 0.3) is 5.91 Å². The van der Waals surface area contributed by atoms with Crippen LogP contribution in [0.5, 0.6) is 0 Å². The Labute approximate surface area is 168 Å². The molecule has 0 spiro atoms. The van der Waals surface area contributed by atoms with E-state index in [1.165, 1.54) is 0 Å². The lowest BCUT2D eigenvalue weighted by Crippen LogP contribution is -2.17. The van der Waals surface area contributed by atoms with Crippen molar-refractivity contribution in [2.75, 3.05) is 12.4 Å². The SMILES string of the molecule is CN1Cc2cc(Nc3nc(C4CC4)c4c(C(F)(F)F)c[nH]c4n3)c(Cl)cc2C1=O. The van der Waals surface area contributed by atoms with Gasteiger partial charge in [-0.2, -0.15) is 18.2 Å². The summed E-state index contributed by atoms with van der Waals surface area (Å²) < 4.78 is 40.1. The number of carbonyl (C=O) groups is 1. The fourth-order valence-electron chi connectivity index (χ4n) is 3.69. The largest absolute Gasteiger partial charge is 0.418 e. The van der Waals surface area contributed by atoms with Crippen molar-refractivity contribution in [2.24, 2.45) is 0 Å². The zero-order valence-electron chi connectivity index (χ0n) is 15.2. The second-order valence-electron chi connectivity index (χ2n) is 7.41. The Morgan fingerprint density at radius 2 is 2.03 bits per heavy atom. The van der Waals surface area contributed by atoms with E-state index < -0.39 is 11.7 Å². The van der Waals surface area contributed by atoms with Crippen LogP contribution in [0.15, 0.2) is 18.3 Å². The summed E-state index contributed by atoms with van der Waals surface area (Å²) in [5.74, 6) is 0.0439. The molecule has 0 radical (unpaired) electrons. The average Bonchev–Trinajstić information content (AvgIpc) is 3.34. The molecule has 3 heterocycles. The van der Waals surface area contributed by atoms with Crippen LogP contribution in [0.2, 0.25) is 5.02 Å². The van der Waals surface area contributed by atoms with Gasteiger partial charge in [-0.25, -0.2) is 4.98 Å². The van der Waals surface area contributed by atoms with Crippen molar-refractivity contribution in [1.82, 2.24) is 19.9 Å². The van der Waals surface area contributed by atoms with Gasteiger partial charge in [0.2, 0.25) is 5.95 Å². The van der Waals surface area contributed by atoms with Gasteiger partial charge in [-0.1, -0.05) is 11.6 Å². The van der Waals surface area contributed by atoms with Gasteiger partial charge in [0.05, 0.1) is 27.4 Å². The molecule has 2 N–H and O–H groups in total. The Morgan fingerprint density at radius 3 is 2.72 bits per heavy atom. The molecule has 10 heteroatoms. The van der Waals surface area contributed by atoms with E-state index in [1.54, 1.807) is 24.1 Å². The molecule has 2 aromatic heterocycles. The van der Waals surface area contributed by atoms with Crippen LogP contribution in [-0.4, -0.2) is 32.8 Å². The molecule has 0 bridgehead atoms. The third kappa shape index (κ3) is 3.00. The summed E-state index contributed by atoms with van der Waals surface area (Å²) in [6, 6.07) is 3.33. The van der Waals surface area contributed by atoms with E-state index in [0.717, 1.165) is 24.6 Å². The number of amides is 1. The molecular weight excluding hydrogens is 407 g/mol. The number of carbonyl (C=O) groups excluding carboxylic acids is 1. The number of fused-ring (bicyclic) bond motifs is 2. The number of nitrogens with one attached hydrogen (secondary N) is 2. The summed E-state index contributed by atoms with van der Waals surface area (Å²) in [7, 11) is 1.70. The molecule has 1 aliphatic heterocycles. The number of halogens is 4. The third-order valence-electron chi connectivity index (χ3n) is 5.25. The number of benzene rings is 1. The third-order valence-corrected chi connectivity index (χ3v) is 5.57. The van der Waals surface area contributed by atoms with Gasteiger partial charge in [0, 0.05) is 31.3 Å². The number of H-pyrrole nitrogens is 1. The van der Waals surface area contributed by atoms with Crippen molar-refractivity contribution in [1.29, 1.82) is 0 Å². The number of alkyl halides is 3. The molecule has 0 saturated heterocycles. The number of anilines is 2. The first-order valence-electron chi connectivity index (χ1n) is 9.03. The minimum Gasteiger partial charge on any atom is -0.345 e. The van der Waals surface area contributed by atoms with Crippen molar-refractivity contribution >= 4 is 40.2 Å². The molecule has 0 unspecified atom stereocenters. The van der Waals surface area contributed by atoms with Crippen molar-refractivity contribution in [3.8, 4) is 0 Å². The molecule has 3 aromatic rings. The van der Waals surface area contributed by atoms with Gasteiger partial charge in [-0.05, 0) is 30.5 Å². The van der Waals surface area contributed by atoms with Crippen molar-refractivity contribution in [3.63, 3.8) is 0 Å². The Bertz CT molecular complexity index is 1170. The normalized spacial score (nSPS) is 16.6. The summed E-state index contributed by atoms with van der Waals surface area (Å²) in [4.78, 5) is 24.9. The number of hydrogen-bond acceptors (Lipinski definition) is 4. The van der Waals surface area contributed by atoms with Gasteiger partial charge in [0.1, 0.15) is 5.65 Å². The fraction of sp³-hybridized carbons (Fsp3) is 0.316. The molecule has 1 aliphatic carbocycles. The zero-order chi connectivity index (χ0) is 20.5. The Hall–Kier alpha value is -2.81. The van der Waals surface area contributed by atoms with Gasteiger partial charge in [-0.3, -0.25) is 4.79 Å². The van der Waals surface area contributed by atoms with Crippen LogP contribution in [0.4, 0.5) is 24.8 Å². The molecule has 5 rings (SSSR count). The van der Waals surface area contributed by atoms with Crippen molar-refractivity contribution in [2.45, 2.75) is 31.5 Å². The zero-order valence-corrected chi connectivity index (χ0v) is 15.9. The predicted octanol–water partition coefficient (Wildman–Crippen LogP) is 4.84. The predicted molar refractivity (Wildman–Crippen MR) is 101 cm³/mol. The summed E-state index contributed by atoms with van der Waals surface area (Å²) in [6.07, 6.45) is -1.97. The molecule has 1 saturated carbocycles. The number of nitrogens with zero attached hydrogens (tertiary/aromatic N) is 3. The minimum atomic E-state index is -4.48. The summed E-state index contributed by atoms with van der Waals surface area (Å²) in [6.45, 7) is 0.457. The Balaban J connectivity index is 1.57. The van der Waals surface area contributed by atoms with E-state index in [0.29, 0.717) is 28.5 Å². The first kappa shape index (κ1) is 18.2. The number of aromatic nitrogens is 3. The Morgan fingerprint density at radius 1 is 1.28 bits per heavy atom. The van der Waals surface area contributed by atoms with Crippen LogP contribution in [0, 0.1) is 0 Å². The lowest BCUT2D eigenvalue weighted by atomic mass is 10.1. The lowest BCUT2D eigenvalue weighted by molar-refractivity contribution is -0.136. The van der Waals surface area contributed by atoms with Gasteiger partial charge in [-0.15, -0.1) is 0 Å². The van der Waals surface area contributed by atoms with Crippen LogP contribution in [-0.2, 0) is 12.7 Å². The van der Waals surface area contributed by atoms with Gasteiger partial charge >= 0.3 is 6.18 Å². The first-order valence-corrected chi connectivity index (χ1v) is 9.41. The Kier molecular flexibility index (Phi) is 3.83. The quantitative estimate of drug-likeness (QED) is 0.634. The van der Waals surface area contributed by atoms with Crippen molar-refractivity contribution < 1.29 is 18.0 Å². The first-order chi connectivity index (χ1) is 13.7. The highest BCUT2D eigenvalue weighted by Gasteiger charge is 2.38. The van der Waals surface area contributed by atoms with Crippen LogP contribution >= 0.6 is 11.6 Å². The molecule has 2 aliphatic rings. The smallest absolute Gasteiger partial charge is 0.345 e.